The number of aromatic nitrogens is 2. The van der Waals surface area contributed by atoms with Gasteiger partial charge in [-0.15, -0.1) is 5.10 Å². The maximum atomic E-state index is 13.8. The van der Waals surface area contributed by atoms with Crippen LogP contribution in [0.15, 0.2) is 18.2 Å². The van der Waals surface area contributed by atoms with Crippen molar-refractivity contribution in [1.29, 1.82) is 0 Å². The minimum Gasteiger partial charge on any atom is -0.312 e. The molecule has 1 aromatic heterocycles. The molecule has 1 atom stereocenters. The SMILES string of the molecule is CCc1nnsc1C(Cc1c(F)cccc1Cl)NC. The summed E-state index contributed by atoms with van der Waals surface area (Å²) >= 11 is 7.42. The highest BCUT2D eigenvalue weighted by Gasteiger charge is 2.20. The predicted octanol–water partition coefficient (Wildman–Crippen LogP) is 3.40. The van der Waals surface area contributed by atoms with Gasteiger partial charge in [0.15, 0.2) is 0 Å². The Labute approximate surface area is 121 Å². The molecule has 2 rings (SSSR count). The number of nitrogens with one attached hydrogen (secondary N) is 1. The maximum absolute atomic E-state index is 13.8. The number of likely N-dealkylation sites (N-methyl/N-ethyl adjacent to an activating group) is 1. The summed E-state index contributed by atoms with van der Waals surface area (Å²) in [4.78, 5) is 1.05. The maximum Gasteiger partial charge on any atom is 0.127 e. The van der Waals surface area contributed by atoms with E-state index in [2.05, 4.69) is 14.9 Å². The van der Waals surface area contributed by atoms with Gasteiger partial charge >= 0.3 is 0 Å². The molecule has 0 bridgehead atoms. The molecule has 1 aromatic carbocycles. The van der Waals surface area contributed by atoms with E-state index in [4.69, 9.17) is 11.6 Å². The van der Waals surface area contributed by atoms with Crippen molar-refractivity contribution in [2.45, 2.75) is 25.8 Å². The van der Waals surface area contributed by atoms with Crippen LogP contribution in [0.1, 0.15) is 29.1 Å². The third kappa shape index (κ3) is 3.11. The largest absolute Gasteiger partial charge is 0.312 e. The minimum absolute atomic E-state index is 0.0238. The Bertz CT molecular complexity index is 538. The number of hydrogen-bond donors (Lipinski definition) is 1. The van der Waals surface area contributed by atoms with Crippen LogP contribution in [0.4, 0.5) is 4.39 Å². The average Bonchev–Trinajstić information content (AvgIpc) is 2.87. The normalized spacial score (nSPS) is 12.6. The van der Waals surface area contributed by atoms with Gasteiger partial charge in [0, 0.05) is 16.6 Å². The lowest BCUT2D eigenvalue weighted by atomic mass is 10.0. The molecule has 0 aliphatic rings. The summed E-state index contributed by atoms with van der Waals surface area (Å²) in [5.41, 5.74) is 1.48. The quantitative estimate of drug-likeness (QED) is 0.919. The predicted molar refractivity (Wildman–Crippen MR) is 76.2 cm³/mol. The first kappa shape index (κ1) is 14.4. The Morgan fingerprint density at radius 3 is 2.89 bits per heavy atom. The molecule has 2 aromatic rings. The second-order valence-electron chi connectivity index (χ2n) is 4.18. The van der Waals surface area contributed by atoms with Gasteiger partial charge in [0.05, 0.1) is 10.6 Å². The molecule has 1 heterocycles. The molecule has 0 saturated carbocycles. The molecule has 19 heavy (non-hydrogen) atoms. The smallest absolute Gasteiger partial charge is 0.127 e. The van der Waals surface area contributed by atoms with Crippen LogP contribution in [0.5, 0.6) is 0 Å². The molecule has 0 aliphatic carbocycles. The molecular formula is C13H15ClFN3S. The fraction of sp³-hybridized carbons (Fsp3) is 0.385. The van der Waals surface area contributed by atoms with Gasteiger partial charge in [0.1, 0.15) is 5.82 Å². The van der Waals surface area contributed by atoms with Crippen LogP contribution < -0.4 is 5.32 Å². The van der Waals surface area contributed by atoms with Gasteiger partial charge in [-0.25, -0.2) is 4.39 Å². The first-order valence-corrected chi connectivity index (χ1v) is 7.23. The Morgan fingerprint density at radius 1 is 1.47 bits per heavy atom. The van der Waals surface area contributed by atoms with Crippen LogP contribution in [-0.4, -0.2) is 16.6 Å². The van der Waals surface area contributed by atoms with Crippen molar-refractivity contribution in [3.8, 4) is 0 Å². The van der Waals surface area contributed by atoms with Crippen molar-refractivity contribution in [1.82, 2.24) is 14.9 Å². The van der Waals surface area contributed by atoms with Crippen LogP contribution in [0.2, 0.25) is 5.02 Å². The van der Waals surface area contributed by atoms with Crippen molar-refractivity contribution in [2.75, 3.05) is 7.05 Å². The lowest BCUT2D eigenvalue weighted by Gasteiger charge is -2.16. The summed E-state index contributed by atoms with van der Waals surface area (Å²) < 4.78 is 17.8. The second-order valence-corrected chi connectivity index (χ2v) is 5.38. The zero-order valence-electron chi connectivity index (χ0n) is 10.8. The summed E-state index contributed by atoms with van der Waals surface area (Å²) in [6.07, 6.45) is 1.30. The molecule has 3 nitrogen and oxygen atoms in total. The van der Waals surface area contributed by atoms with Gasteiger partial charge in [-0.05, 0) is 43.6 Å². The Kier molecular flexibility index (Phi) is 4.85. The van der Waals surface area contributed by atoms with Gasteiger partial charge in [0.25, 0.3) is 0 Å². The number of nitrogens with zero attached hydrogens (tertiary/aromatic N) is 2. The van der Waals surface area contributed by atoms with Gasteiger partial charge in [-0.2, -0.15) is 0 Å². The summed E-state index contributed by atoms with van der Waals surface area (Å²) in [6.45, 7) is 2.03. The topological polar surface area (TPSA) is 37.8 Å². The van der Waals surface area contributed by atoms with E-state index in [0.717, 1.165) is 17.0 Å². The molecule has 6 heteroatoms. The van der Waals surface area contributed by atoms with Crippen LogP contribution >= 0.6 is 23.1 Å². The van der Waals surface area contributed by atoms with E-state index in [-0.39, 0.29) is 11.9 Å². The Balaban J connectivity index is 2.29. The Morgan fingerprint density at radius 2 is 2.26 bits per heavy atom. The highest BCUT2D eigenvalue weighted by atomic mass is 35.5. The summed E-state index contributed by atoms with van der Waals surface area (Å²) in [6, 6.07) is 4.73. The van der Waals surface area contributed by atoms with Gasteiger partial charge in [0.2, 0.25) is 0 Å². The van der Waals surface area contributed by atoms with Crippen molar-refractivity contribution in [3.05, 3.63) is 45.2 Å². The van der Waals surface area contributed by atoms with Crippen molar-refractivity contribution in [2.24, 2.45) is 0 Å². The Hall–Kier alpha value is -1.04. The minimum atomic E-state index is -0.275. The van der Waals surface area contributed by atoms with Gasteiger partial charge in [-0.1, -0.05) is 29.1 Å². The third-order valence-corrected chi connectivity index (χ3v) is 4.29. The number of halogens is 2. The second kappa shape index (κ2) is 6.41. The summed E-state index contributed by atoms with van der Waals surface area (Å²) in [7, 11) is 1.85. The van der Waals surface area contributed by atoms with E-state index in [0.29, 0.717) is 17.0 Å². The highest BCUT2D eigenvalue weighted by Crippen LogP contribution is 2.28. The molecule has 102 valence electrons. The number of hydrogen-bond acceptors (Lipinski definition) is 4. The first-order chi connectivity index (χ1) is 9.17. The van der Waals surface area contributed by atoms with E-state index in [1.54, 1.807) is 12.1 Å². The van der Waals surface area contributed by atoms with E-state index in [1.165, 1.54) is 17.6 Å². The first-order valence-electron chi connectivity index (χ1n) is 6.08. The number of benzene rings is 1. The lowest BCUT2D eigenvalue weighted by Crippen LogP contribution is -2.19. The molecule has 0 saturated heterocycles. The number of aryl methyl sites for hydroxylation is 1. The zero-order valence-corrected chi connectivity index (χ0v) is 12.4. The molecule has 0 radical (unpaired) electrons. The average molecular weight is 300 g/mol. The lowest BCUT2D eigenvalue weighted by molar-refractivity contribution is 0.556. The standard InChI is InChI=1S/C13H15ClFN3S/c1-3-11-13(19-18-17-11)12(16-2)7-8-9(14)5-4-6-10(8)15/h4-6,12,16H,3,7H2,1-2H3. The molecule has 1 unspecified atom stereocenters. The molecule has 0 spiro atoms. The van der Waals surface area contributed by atoms with E-state index in [9.17, 15) is 4.39 Å². The molecule has 0 fully saturated rings. The fourth-order valence-electron chi connectivity index (χ4n) is 1.98. The van der Waals surface area contributed by atoms with Crippen molar-refractivity contribution < 1.29 is 4.39 Å². The van der Waals surface area contributed by atoms with E-state index >= 15 is 0 Å². The number of rotatable bonds is 5. The van der Waals surface area contributed by atoms with Crippen molar-refractivity contribution in [3.63, 3.8) is 0 Å². The molecule has 0 aliphatic heterocycles. The van der Waals surface area contributed by atoms with Crippen LogP contribution in [0.3, 0.4) is 0 Å². The fourth-order valence-corrected chi connectivity index (χ4v) is 3.07. The molecule has 1 N–H and O–H groups in total. The van der Waals surface area contributed by atoms with Crippen LogP contribution in [0, 0.1) is 5.82 Å². The van der Waals surface area contributed by atoms with Crippen LogP contribution in [0.25, 0.3) is 0 Å². The van der Waals surface area contributed by atoms with Gasteiger partial charge < -0.3 is 5.32 Å². The summed E-state index contributed by atoms with van der Waals surface area (Å²) in [5.74, 6) is -0.275. The monoisotopic (exact) mass is 299 g/mol. The highest BCUT2D eigenvalue weighted by molar-refractivity contribution is 7.05. The van der Waals surface area contributed by atoms with Crippen molar-refractivity contribution >= 4 is 23.1 Å². The van der Waals surface area contributed by atoms with Gasteiger partial charge in [-0.3, -0.25) is 0 Å². The molecule has 0 amide bonds. The molecular weight excluding hydrogens is 285 g/mol. The van der Waals surface area contributed by atoms with E-state index < -0.39 is 0 Å². The van der Waals surface area contributed by atoms with Crippen LogP contribution in [-0.2, 0) is 12.8 Å². The van der Waals surface area contributed by atoms with E-state index in [1.807, 2.05) is 14.0 Å². The zero-order chi connectivity index (χ0) is 13.8. The summed E-state index contributed by atoms with van der Waals surface area (Å²) in [5, 5.41) is 7.73. The third-order valence-electron chi connectivity index (χ3n) is 3.05.